The summed E-state index contributed by atoms with van der Waals surface area (Å²) in [5.74, 6) is 0.844. The number of hydrogen-bond donors (Lipinski definition) is 0. The number of halogens is 2. The average molecular weight is 496 g/mol. The minimum Gasteiger partial charge on any atom is -0.419 e. The summed E-state index contributed by atoms with van der Waals surface area (Å²) in [5, 5.41) is 14.3. The second-order valence-electron chi connectivity index (χ2n) is 8.48. The van der Waals surface area contributed by atoms with Crippen LogP contribution in [0.3, 0.4) is 0 Å². The van der Waals surface area contributed by atoms with E-state index in [9.17, 15) is 4.79 Å². The molecule has 0 radical (unpaired) electrons. The molecule has 34 heavy (non-hydrogen) atoms. The zero-order chi connectivity index (χ0) is 23.8. The van der Waals surface area contributed by atoms with Crippen molar-refractivity contribution in [2.75, 3.05) is 0 Å². The van der Waals surface area contributed by atoms with Crippen molar-refractivity contribution < 1.29 is 9.21 Å². The second-order valence-corrected chi connectivity index (χ2v) is 9.35. The van der Waals surface area contributed by atoms with Crippen LogP contribution in [0.2, 0.25) is 10.0 Å². The van der Waals surface area contributed by atoms with Crippen molar-refractivity contribution in [3.8, 4) is 17.1 Å². The molecule has 7 nitrogen and oxygen atoms in total. The number of hydrogen-bond acceptors (Lipinski definition) is 5. The highest BCUT2D eigenvalue weighted by Crippen LogP contribution is 2.30. The van der Waals surface area contributed by atoms with E-state index in [1.54, 1.807) is 12.1 Å². The molecule has 0 saturated heterocycles. The quantitative estimate of drug-likeness (QED) is 0.334. The van der Waals surface area contributed by atoms with Gasteiger partial charge in [0.2, 0.25) is 17.7 Å². The molecule has 0 bridgehead atoms. The van der Waals surface area contributed by atoms with Gasteiger partial charge in [0.25, 0.3) is 0 Å². The van der Waals surface area contributed by atoms with E-state index in [1.807, 2.05) is 59.8 Å². The van der Waals surface area contributed by atoms with Gasteiger partial charge < -0.3 is 9.32 Å². The van der Waals surface area contributed by atoms with Crippen molar-refractivity contribution >= 4 is 29.1 Å². The molecule has 1 aliphatic rings. The van der Waals surface area contributed by atoms with Gasteiger partial charge in [0.1, 0.15) is 0 Å². The van der Waals surface area contributed by atoms with Crippen LogP contribution in [0, 0.1) is 13.8 Å². The predicted molar refractivity (Wildman–Crippen MR) is 130 cm³/mol. The van der Waals surface area contributed by atoms with Crippen molar-refractivity contribution in [3.05, 3.63) is 81.4 Å². The van der Waals surface area contributed by atoms with Crippen LogP contribution in [0.5, 0.6) is 0 Å². The van der Waals surface area contributed by atoms with Gasteiger partial charge >= 0.3 is 0 Å². The van der Waals surface area contributed by atoms with Crippen LogP contribution in [0.25, 0.3) is 17.1 Å². The van der Waals surface area contributed by atoms with Crippen LogP contribution in [0.1, 0.15) is 35.7 Å². The molecule has 1 amide bonds. The maximum Gasteiger partial charge on any atom is 0.247 e. The van der Waals surface area contributed by atoms with E-state index in [-0.39, 0.29) is 24.9 Å². The van der Waals surface area contributed by atoms with Crippen molar-refractivity contribution in [3.63, 3.8) is 0 Å². The summed E-state index contributed by atoms with van der Waals surface area (Å²) in [6.45, 7) is 4.20. The van der Waals surface area contributed by atoms with Crippen LogP contribution in [0.4, 0.5) is 0 Å². The van der Waals surface area contributed by atoms with Crippen LogP contribution in [-0.4, -0.2) is 36.8 Å². The predicted octanol–water partition coefficient (Wildman–Crippen LogP) is 5.58. The summed E-state index contributed by atoms with van der Waals surface area (Å²) in [7, 11) is 0. The van der Waals surface area contributed by atoms with Crippen LogP contribution in [0.15, 0.2) is 52.9 Å². The molecule has 0 spiro atoms. The topological polar surface area (TPSA) is 77.1 Å². The van der Waals surface area contributed by atoms with Crippen LogP contribution < -0.4 is 0 Å². The molecule has 0 N–H and O–H groups in total. The standard InChI is InChI=1S/C25H23Cl2N5O2/c1-15-22(16(2)32(30-15)21-9-7-19(27)8-10-21)13-24(33)31(20-11-12-20)14-23-28-29-25(34-23)17-3-5-18(26)6-4-17/h3-10,20H,11-14H2,1-2H3. The Bertz CT molecular complexity index is 1320. The normalized spacial score (nSPS) is 13.3. The lowest BCUT2D eigenvalue weighted by Crippen LogP contribution is -2.34. The van der Waals surface area contributed by atoms with Crippen LogP contribution >= 0.6 is 23.2 Å². The Labute approximate surface area is 207 Å². The maximum absolute atomic E-state index is 13.4. The fourth-order valence-corrected chi connectivity index (χ4v) is 4.25. The minimum absolute atomic E-state index is 0.0237. The monoisotopic (exact) mass is 495 g/mol. The highest BCUT2D eigenvalue weighted by molar-refractivity contribution is 6.30. The maximum atomic E-state index is 13.4. The molecule has 5 rings (SSSR count). The molecule has 9 heteroatoms. The summed E-state index contributed by atoms with van der Waals surface area (Å²) < 4.78 is 7.70. The SMILES string of the molecule is Cc1nn(-c2ccc(Cl)cc2)c(C)c1CC(=O)N(Cc1nnc(-c2ccc(Cl)cc2)o1)C1CC1. The molecule has 0 aliphatic heterocycles. The summed E-state index contributed by atoms with van der Waals surface area (Å²) >= 11 is 12.0. The lowest BCUT2D eigenvalue weighted by Gasteiger charge is -2.20. The third-order valence-electron chi connectivity index (χ3n) is 6.01. The van der Waals surface area contributed by atoms with Crippen molar-refractivity contribution in [1.29, 1.82) is 0 Å². The van der Waals surface area contributed by atoms with Crippen molar-refractivity contribution in [2.45, 2.75) is 45.7 Å². The van der Waals surface area contributed by atoms with Gasteiger partial charge in [-0.15, -0.1) is 10.2 Å². The first-order chi connectivity index (χ1) is 16.4. The summed E-state index contributed by atoms with van der Waals surface area (Å²) in [5.41, 5.74) is 4.39. The van der Waals surface area contributed by atoms with Gasteiger partial charge in [-0.05, 0) is 75.2 Å². The number of nitrogens with zero attached hydrogens (tertiary/aromatic N) is 5. The molecule has 2 heterocycles. The first kappa shape index (κ1) is 22.6. The van der Waals surface area contributed by atoms with Crippen LogP contribution in [-0.2, 0) is 17.8 Å². The largest absolute Gasteiger partial charge is 0.419 e. The number of amides is 1. The summed E-state index contributed by atoms with van der Waals surface area (Å²) in [6.07, 6.45) is 2.22. The molecule has 0 atom stereocenters. The molecule has 1 fully saturated rings. The van der Waals surface area contributed by atoms with Gasteiger partial charge in [0, 0.05) is 32.9 Å². The Morgan fingerprint density at radius 3 is 2.32 bits per heavy atom. The van der Waals surface area contributed by atoms with Gasteiger partial charge in [-0.2, -0.15) is 5.10 Å². The first-order valence-corrected chi connectivity index (χ1v) is 11.8. The molecule has 1 aliphatic carbocycles. The molecule has 2 aromatic heterocycles. The lowest BCUT2D eigenvalue weighted by atomic mass is 10.1. The van der Waals surface area contributed by atoms with E-state index < -0.39 is 0 Å². The number of carbonyl (C=O) groups is 1. The molecular weight excluding hydrogens is 473 g/mol. The molecule has 4 aromatic rings. The summed E-state index contributed by atoms with van der Waals surface area (Å²) in [6, 6.07) is 14.9. The molecule has 1 saturated carbocycles. The minimum atomic E-state index is 0.0237. The number of rotatable bonds is 7. The van der Waals surface area contributed by atoms with Gasteiger partial charge in [0.05, 0.1) is 24.3 Å². The Balaban J connectivity index is 1.33. The Kier molecular flexibility index (Phi) is 6.15. The van der Waals surface area contributed by atoms with E-state index in [0.717, 1.165) is 41.0 Å². The molecular formula is C25H23Cl2N5O2. The number of aryl methyl sites for hydroxylation is 1. The number of carbonyl (C=O) groups excluding carboxylic acids is 1. The highest BCUT2D eigenvalue weighted by atomic mass is 35.5. The van der Waals surface area contributed by atoms with E-state index in [4.69, 9.17) is 27.6 Å². The van der Waals surface area contributed by atoms with Gasteiger partial charge in [-0.3, -0.25) is 4.79 Å². The van der Waals surface area contributed by atoms with Gasteiger partial charge in [-0.25, -0.2) is 4.68 Å². The molecule has 2 aromatic carbocycles. The third kappa shape index (κ3) is 4.72. The Morgan fingerprint density at radius 2 is 1.68 bits per heavy atom. The van der Waals surface area contributed by atoms with E-state index in [2.05, 4.69) is 15.3 Å². The van der Waals surface area contributed by atoms with Gasteiger partial charge in [-0.1, -0.05) is 23.2 Å². The summed E-state index contributed by atoms with van der Waals surface area (Å²) in [4.78, 5) is 15.2. The smallest absolute Gasteiger partial charge is 0.247 e. The first-order valence-electron chi connectivity index (χ1n) is 11.1. The van der Waals surface area contributed by atoms with Crippen molar-refractivity contribution in [2.24, 2.45) is 0 Å². The zero-order valence-corrected chi connectivity index (χ0v) is 20.3. The lowest BCUT2D eigenvalue weighted by molar-refractivity contribution is -0.132. The molecule has 0 unspecified atom stereocenters. The van der Waals surface area contributed by atoms with E-state index >= 15 is 0 Å². The highest BCUT2D eigenvalue weighted by Gasteiger charge is 2.34. The fraction of sp³-hybridized carbons (Fsp3) is 0.280. The van der Waals surface area contributed by atoms with E-state index in [1.165, 1.54) is 0 Å². The zero-order valence-electron chi connectivity index (χ0n) is 18.8. The second kappa shape index (κ2) is 9.24. The fourth-order valence-electron chi connectivity index (χ4n) is 4.00. The Morgan fingerprint density at radius 1 is 1.03 bits per heavy atom. The Hall–Kier alpha value is -3.16. The number of benzene rings is 2. The molecule has 174 valence electrons. The average Bonchev–Trinajstić information content (AvgIpc) is 3.50. The van der Waals surface area contributed by atoms with Crippen molar-refractivity contribution in [1.82, 2.24) is 24.9 Å². The van der Waals surface area contributed by atoms with Gasteiger partial charge in [0.15, 0.2) is 0 Å². The number of aromatic nitrogens is 4. The van der Waals surface area contributed by atoms with E-state index in [0.29, 0.717) is 21.8 Å². The third-order valence-corrected chi connectivity index (χ3v) is 6.52.